The average Bonchev–Trinajstić information content (AvgIpc) is 3.14. The van der Waals surface area contributed by atoms with E-state index >= 15 is 0 Å². The van der Waals surface area contributed by atoms with Crippen molar-refractivity contribution in [3.63, 3.8) is 0 Å². The number of likely N-dealkylation sites (N-methyl/N-ethyl adjacent to an activating group) is 1. The second-order valence-corrected chi connectivity index (χ2v) is 7.61. The van der Waals surface area contributed by atoms with Crippen molar-refractivity contribution in [2.75, 3.05) is 53.1 Å². The number of nitrogens with two attached hydrogens (primary N) is 1. The highest BCUT2D eigenvalue weighted by atomic mass is 35.5. The average molecular weight is 426 g/mol. The lowest BCUT2D eigenvalue weighted by Gasteiger charge is -2.39. The monoisotopic (exact) mass is 425 g/mol. The largest absolute Gasteiger partial charge is 0.381 e. The van der Waals surface area contributed by atoms with E-state index in [9.17, 15) is 4.79 Å². The van der Waals surface area contributed by atoms with Gasteiger partial charge in [0.15, 0.2) is 0 Å². The molecule has 1 aromatic heterocycles. The maximum atomic E-state index is 12.9. The van der Waals surface area contributed by atoms with Gasteiger partial charge in [-0.1, -0.05) is 6.07 Å². The van der Waals surface area contributed by atoms with Gasteiger partial charge in [-0.15, -0.1) is 36.2 Å². The molecule has 0 bridgehead atoms. The van der Waals surface area contributed by atoms with Gasteiger partial charge in [0.05, 0.1) is 24.8 Å². The summed E-state index contributed by atoms with van der Waals surface area (Å²) in [5.41, 5.74) is 5.59. The minimum atomic E-state index is -0.780. The number of rotatable bonds is 5. The number of ether oxygens (including phenoxy) is 2. The van der Waals surface area contributed by atoms with E-state index in [1.54, 1.807) is 11.3 Å². The molecule has 0 saturated carbocycles. The first kappa shape index (κ1) is 23.6. The number of thiophene rings is 1. The summed E-state index contributed by atoms with van der Waals surface area (Å²) in [6.07, 6.45) is 1.19. The van der Waals surface area contributed by atoms with E-state index in [-0.39, 0.29) is 36.8 Å². The van der Waals surface area contributed by atoms with Gasteiger partial charge in [-0.2, -0.15) is 0 Å². The molecule has 2 N–H and O–H groups in total. The summed E-state index contributed by atoms with van der Waals surface area (Å²) in [4.78, 5) is 18.4. The summed E-state index contributed by atoms with van der Waals surface area (Å²) >= 11 is 1.74. The van der Waals surface area contributed by atoms with Gasteiger partial charge in [0.2, 0.25) is 5.91 Å². The number of morpholine rings is 1. The molecule has 2 fully saturated rings. The molecule has 3 rings (SSSR count). The summed E-state index contributed by atoms with van der Waals surface area (Å²) < 4.78 is 10.8. The molecule has 0 radical (unpaired) electrons. The molecule has 1 atom stereocenters. The zero-order valence-corrected chi connectivity index (χ0v) is 17.5. The molecule has 150 valence electrons. The Bertz CT molecular complexity index is 535. The maximum absolute atomic E-state index is 12.9. The highest BCUT2D eigenvalue weighted by Crippen LogP contribution is 2.28. The van der Waals surface area contributed by atoms with Crippen molar-refractivity contribution < 1.29 is 14.3 Å². The second-order valence-electron chi connectivity index (χ2n) is 6.63. The first-order valence-corrected chi connectivity index (χ1v) is 9.45. The molecule has 0 aromatic carbocycles. The number of carbonyl (C=O) groups excluding carboxylic acids is 1. The molecule has 1 unspecified atom stereocenters. The quantitative estimate of drug-likeness (QED) is 0.780. The van der Waals surface area contributed by atoms with Gasteiger partial charge in [-0.25, -0.2) is 0 Å². The van der Waals surface area contributed by atoms with Crippen LogP contribution in [0, 0.1) is 0 Å². The number of hydrogen-bond acceptors (Lipinski definition) is 6. The Balaban J connectivity index is 0.00000169. The second kappa shape index (κ2) is 10.8. The van der Waals surface area contributed by atoms with Crippen molar-refractivity contribution in [2.24, 2.45) is 5.73 Å². The van der Waals surface area contributed by atoms with Crippen LogP contribution in [0.3, 0.4) is 0 Å². The van der Waals surface area contributed by atoms with Crippen LogP contribution in [0.1, 0.15) is 23.8 Å². The summed E-state index contributed by atoms with van der Waals surface area (Å²) in [6.45, 7) is 5.06. The number of hydrogen-bond donors (Lipinski definition) is 1. The molecule has 0 spiro atoms. The predicted octanol–water partition coefficient (Wildman–Crippen LogP) is 1.93. The van der Waals surface area contributed by atoms with Crippen molar-refractivity contribution in [3.8, 4) is 0 Å². The van der Waals surface area contributed by atoms with E-state index in [2.05, 4.69) is 22.4 Å². The molecule has 1 aromatic rings. The Morgan fingerprint density at radius 1 is 1.27 bits per heavy atom. The minimum Gasteiger partial charge on any atom is -0.381 e. The van der Waals surface area contributed by atoms with Gasteiger partial charge in [0.1, 0.15) is 0 Å². The lowest BCUT2D eigenvalue weighted by atomic mass is 9.89. The fraction of sp³-hybridized carbons (Fsp3) is 0.706. The van der Waals surface area contributed by atoms with E-state index in [1.807, 2.05) is 11.9 Å². The van der Waals surface area contributed by atoms with Gasteiger partial charge in [-0.05, 0) is 24.3 Å². The lowest BCUT2D eigenvalue weighted by molar-refractivity contribution is -0.140. The minimum absolute atomic E-state index is 0. The zero-order chi connectivity index (χ0) is 17.0. The van der Waals surface area contributed by atoms with Gasteiger partial charge in [0, 0.05) is 44.8 Å². The molecular weight excluding hydrogens is 397 g/mol. The van der Waals surface area contributed by atoms with Crippen molar-refractivity contribution in [1.29, 1.82) is 0 Å². The van der Waals surface area contributed by atoms with E-state index in [4.69, 9.17) is 15.2 Å². The van der Waals surface area contributed by atoms with Gasteiger partial charge in [-0.3, -0.25) is 9.69 Å². The van der Waals surface area contributed by atoms with Crippen molar-refractivity contribution >= 4 is 42.1 Å². The Labute approximate surface area is 171 Å². The van der Waals surface area contributed by atoms with Crippen LogP contribution in [0.15, 0.2) is 17.5 Å². The van der Waals surface area contributed by atoms with Gasteiger partial charge in [0.25, 0.3) is 0 Å². The van der Waals surface area contributed by atoms with Gasteiger partial charge < -0.3 is 20.1 Å². The van der Waals surface area contributed by atoms with Gasteiger partial charge >= 0.3 is 0 Å². The molecule has 2 aliphatic heterocycles. The van der Waals surface area contributed by atoms with E-state index in [0.29, 0.717) is 32.6 Å². The molecule has 0 aliphatic carbocycles. The third-order valence-electron chi connectivity index (χ3n) is 4.96. The SMILES string of the molecule is CN(CC(c1cccs1)N1CCOCC1)C(=O)C1(N)CCOCC1.Cl.Cl. The molecule has 6 nitrogen and oxygen atoms in total. The van der Waals surface area contributed by atoms with Crippen LogP contribution in [0.4, 0.5) is 0 Å². The summed E-state index contributed by atoms with van der Waals surface area (Å²) in [7, 11) is 1.87. The number of halogens is 2. The third-order valence-corrected chi connectivity index (χ3v) is 5.94. The van der Waals surface area contributed by atoms with Crippen LogP contribution in [0.2, 0.25) is 0 Å². The molecule has 9 heteroatoms. The Morgan fingerprint density at radius 3 is 2.46 bits per heavy atom. The number of nitrogens with zero attached hydrogens (tertiary/aromatic N) is 2. The highest BCUT2D eigenvalue weighted by molar-refractivity contribution is 7.10. The van der Waals surface area contributed by atoms with Crippen LogP contribution in [-0.4, -0.2) is 74.4 Å². The summed E-state index contributed by atoms with van der Waals surface area (Å²) in [5, 5.41) is 2.09. The molecular formula is C17H29Cl2N3O3S. The highest BCUT2D eigenvalue weighted by Gasteiger charge is 2.39. The van der Waals surface area contributed by atoms with Crippen LogP contribution >= 0.6 is 36.2 Å². The Morgan fingerprint density at radius 2 is 1.88 bits per heavy atom. The van der Waals surface area contributed by atoms with E-state index in [0.717, 1.165) is 26.3 Å². The number of amides is 1. The van der Waals surface area contributed by atoms with Crippen molar-refractivity contribution in [3.05, 3.63) is 22.4 Å². The topological polar surface area (TPSA) is 68.0 Å². The Hall–Kier alpha value is -0.410. The normalized spacial score (nSPS) is 21.2. The van der Waals surface area contributed by atoms with Crippen molar-refractivity contribution in [1.82, 2.24) is 9.80 Å². The van der Waals surface area contributed by atoms with Crippen LogP contribution in [-0.2, 0) is 14.3 Å². The fourth-order valence-corrected chi connectivity index (χ4v) is 4.28. The zero-order valence-electron chi connectivity index (χ0n) is 15.1. The lowest BCUT2D eigenvalue weighted by Crippen LogP contribution is -2.58. The summed E-state index contributed by atoms with van der Waals surface area (Å²) in [5.74, 6) is 0.0283. The fourth-order valence-electron chi connectivity index (χ4n) is 3.43. The first-order chi connectivity index (χ1) is 11.6. The maximum Gasteiger partial charge on any atom is 0.242 e. The molecule has 2 aliphatic rings. The number of carbonyl (C=O) groups is 1. The standard InChI is InChI=1S/C17H27N3O3S.2ClH/c1-19(16(21)17(18)4-8-22-9-5-17)13-14(15-3-2-12-24-15)20-6-10-23-11-7-20;;/h2-3,12,14H,4-11,13,18H2,1H3;2*1H. The predicted molar refractivity (Wildman–Crippen MR) is 109 cm³/mol. The molecule has 1 amide bonds. The third kappa shape index (κ3) is 5.55. The van der Waals surface area contributed by atoms with Crippen LogP contribution in [0.5, 0.6) is 0 Å². The van der Waals surface area contributed by atoms with Crippen molar-refractivity contribution in [2.45, 2.75) is 24.4 Å². The summed E-state index contributed by atoms with van der Waals surface area (Å²) in [6, 6.07) is 4.42. The molecule has 26 heavy (non-hydrogen) atoms. The smallest absolute Gasteiger partial charge is 0.242 e. The van der Waals surface area contributed by atoms with Crippen LogP contribution in [0.25, 0.3) is 0 Å². The van der Waals surface area contributed by atoms with E-state index in [1.165, 1.54) is 4.88 Å². The molecule has 3 heterocycles. The van der Waals surface area contributed by atoms with Crippen LogP contribution < -0.4 is 5.73 Å². The molecule has 2 saturated heterocycles. The Kier molecular flexibility index (Phi) is 9.82. The van der Waals surface area contributed by atoms with E-state index < -0.39 is 5.54 Å². The first-order valence-electron chi connectivity index (χ1n) is 8.57.